The summed E-state index contributed by atoms with van der Waals surface area (Å²) < 4.78 is 17.9. The van der Waals surface area contributed by atoms with Crippen LogP contribution >= 0.6 is 18.7 Å². The number of amides is 1. The van der Waals surface area contributed by atoms with Crippen molar-refractivity contribution in [2.24, 2.45) is 0 Å². The van der Waals surface area contributed by atoms with Crippen molar-refractivity contribution in [1.29, 1.82) is 0 Å². The smallest absolute Gasteiger partial charge is 0.248 e. The average Bonchev–Trinajstić information content (AvgIpc) is 3.23. The first kappa shape index (κ1) is 21.1. The number of hydrogen-bond donors (Lipinski definition) is 2. The Kier molecular flexibility index (Phi) is 6.70. The fourth-order valence-corrected chi connectivity index (χ4v) is 4.92. The lowest BCUT2D eigenvalue weighted by Crippen LogP contribution is -2.10. The van der Waals surface area contributed by atoms with E-state index >= 15 is 0 Å². The van der Waals surface area contributed by atoms with Gasteiger partial charge in [-0.15, -0.1) is 11.3 Å². The van der Waals surface area contributed by atoms with Crippen LogP contribution in [0.15, 0.2) is 66.1 Å². The highest BCUT2D eigenvalue weighted by Crippen LogP contribution is 2.41. The Hall–Kier alpha value is -2.66. The van der Waals surface area contributed by atoms with E-state index in [0.717, 1.165) is 16.0 Å². The predicted molar refractivity (Wildman–Crippen MR) is 123 cm³/mol. The van der Waals surface area contributed by atoms with Crippen LogP contribution < -0.4 is 16.4 Å². The Bertz CT molecular complexity index is 1080. The molecule has 0 bridgehead atoms. The van der Waals surface area contributed by atoms with E-state index in [1.165, 1.54) is 6.08 Å². The Morgan fingerprint density at radius 3 is 2.76 bits per heavy atom. The average molecular weight is 426 g/mol. The number of nitrogens with one attached hydrogen (secondary N) is 1. The van der Waals surface area contributed by atoms with Gasteiger partial charge in [0.2, 0.25) is 13.3 Å². The second kappa shape index (κ2) is 9.23. The lowest BCUT2D eigenvalue weighted by atomic mass is 10.1. The van der Waals surface area contributed by atoms with Crippen LogP contribution in [0.5, 0.6) is 0 Å². The molecule has 1 unspecified atom stereocenters. The molecule has 5 nitrogen and oxygen atoms in total. The van der Waals surface area contributed by atoms with Crippen molar-refractivity contribution in [3.63, 3.8) is 0 Å². The van der Waals surface area contributed by atoms with Crippen molar-refractivity contribution >= 4 is 47.4 Å². The predicted octanol–water partition coefficient (Wildman–Crippen LogP) is 5.22. The van der Waals surface area contributed by atoms with E-state index in [-0.39, 0.29) is 5.91 Å². The van der Waals surface area contributed by atoms with Gasteiger partial charge in [-0.2, -0.15) is 0 Å². The quantitative estimate of drug-likeness (QED) is 0.308. The van der Waals surface area contributed by atoms with Gasteiger partial charge in [0.1, 0.15) is 0 Å². The fraction of sp³-hybridized carbons (Fsp3) is 0.136. The van der Waals surface area contributed by atoms with Crippen LogP contribution in [0.25, 0.3) is 16.5 Å². The second-order valence-corrected chi connectivity index (χ2v) is 9.87. The van der Waals surface area contributed by atoms with Gasteiger partial charge in [-0.25, -0.2) is 0 Å². The van der Waals surface area contributed by atoms with Gasteiger partial charge in [0.15, 0.2) is 0 Å². The van der Waals surface area contributed by atoms with Crippen LogP contribution in [0.2, 0.25) is 0 Å². The van der Waals surface area contributed by atoms with E-state index in [2.05, 4.69) is 5.32 Å². The van der Waals surface area contributed by atoms with Gasteiger partial charge in [-0.05, 0) is 59.8 Å². The number of hydrogen-bond acceptors (Lipinski definition) is 5. The maximum Gasteiger partial charge on any atom is 0.248 e. The molecule has 1 heterocycles. The zero-order valence-electron chi connectivity index (χ0n) is 16.3. The van der Waals surface area contributed by atoms with Gasteiger partial charge in [0, 0.05) is 22.9 Å². The van der Waals surface area contributed by atoms with Crippen molar-refractivity contribution in [1.82, 2.24) is 0 Å². The number of nitrogens with two attached hydrogens (primary N) is 1. The molecular weight excluding hydrogens is 403 g/mol. The van der Waals surface area contributed by atoms with Crippen molar-refractivity contribution in [2.45, 2.75) is 6.92 Å². The first-order valence-corrected chi connectivity index (χ1v) is 12.1. The van der Waals surface area contributed by atoms with Crippen LogP contribution in [0, 0.1) is 0 Å². The Morgan fingerprint density at radius 2 is 2.03 bits per heavy atom. The number of anilines is 2. The highest BCUT2D eigenvalue weighted by Gasteiger charge is 2.18. The van der Waals surface area contributed by atoms with E-state index in [1.807, 2.05) is 42.6 Å². The van der Waals surface area contributed by atoms with Crippen LogP contribution in [0.1, 0.15) is 12.5 Å². The molecule has 0 radical (unpaired) electrons. The first-order valence-electron chi connectivity index (χ1n) is 9.14. The molecule has 0 saturated carbocycles. The molecule has 1 atom stereocenters. The van der Waals surface area contributed by atoms with Gasteiger partial charge in [0.05, 0.1) is 18.0 Å². The summed E-state index contributed by atoms with van der Waals surface area (Å²) in [7, 11) is -2.86. The molecule has 0 saturated heterocycles. The normalized spacial score (nSPS) is 13.3. The molecule has 3 N–H and O–H groups in total. The molecule has 7 heteroatoms. The fourth-order valence-electron chi connectivity index (χ4n) is 2.81. The van der Waals surface area contributed by atoms with Crippen molar-refractivity contribution < 1.29 is 13.9 Å². The number of carbonyl (C=O) groups is 1. The van der Waals surface area contributed by atoms with E-state index < -0.39 is 7.37 Å². The lowest BCUT2D eigenvalue weighted by molar-refractivity contribution is -0.111. The lowest BCUT2D eigenvalue weighted by Gasteiger charge is -2.13. The van der Waals surface area contributed by atoms with Crippen LogP contribution in [-0.2, 0) is 13.9 Å². The number of benzene rings is 2. The van der Waals surface area contributed by atoms with E-state index in [4.69, 9.17) is 10.3 Å². The summed E-state index contributed by atoms with van der Waals surface area (Å²) in [5, 5.41) is 5.44. The molecule has 150 valence electrons. The second-order valence-electron chi connectivity index (χ2n) is 6.46. The molecule has 0 spiro atoms. The van der Waals surface area contributed by atoms with Gasteiger partial charge < -0.3 is 15.6 Å². The monoisotopic (exact) mass is 426 g/mol. The largest absolute Gasteiger partial charge is 0.397 e. The van der Waals surface area contributed by atoms with Gasteiger partial charge in [-0.3, -0.25) is 9.36 Å². The Labute approximate surface area is 174 Å². The molecule has 2 aromatic carbocycles. The number of carbonyl (C=O) groups excluding carboxylic acids is 1. The summed E-state index contributed by atoms with van der Waals surface area (Å²) >= 11 is 1.62. The van der Waals surface area contributed by atoms with Crippen molar-refractivity contribution in [2.75, 3.05) is 24.3 Å². The molecule has 0 aliphatic heterocycles. The number of nitrogen functional groups attached to an aromatic ring is 1. The first-order chi connectivity index (χ1) is 13.9. The molecule has 3 aromatic rings. The third-order valence-electron chi connectivity index (χ3n) is 4.26. The Morgan fingerprint density at radius 1 is 1.21 bits per heavy atom. The van der Waals surface area contributed by atoms with E-state index in [9.17, 15) is 9.36 Å². The summed E-state index contributed by atoms with van der Waals surface area (Å²) in [4.78, 5) is 13.5. The van der Waals surface area contributed by atoms with Crippen molar-refractivity contribution in [3.8, 4) is 10.4 Å². The standard InChI is InChI=1S/C22H23N2O3PS/c1-3-27-28(2,26)18-7-4-6-16(14-18)9-12-22(25)24-20-15-17(10-11-19(20)23)21-8-5-13-29-21/h4-15H,3,23H2,1-2H3,(H,24,25)/b12-9+. The van der Waals surface area contributed by atoms with Gasteiger partial charge in [0.25, 0.3) is 0 Å². The minimum atomic E-state index is -2.86. The zero-order chi connectivity index (χ0) is 20.9. The summed E-state index contributed by atoms with van der Waals surface area (Å²) in [5.41, 5.74) is 8.84. The molecule has 1 amide bonds. The maximum absolute atomic E-state index is 12.6. The minimum Gasteiger partial charge on any atom is -0.397 e. The zero-order valence-corrected chi connectivity index (χ0v) is 18.0. The minimum absolute atomic E-state index is 0.296. The maximum atomic E-state index is 12.6. The van der Waals surface area contributed by atoms with Crippen LogP contribution in [-0.4, -0.2) is 19.2 Å². The van der Waals surface area contributed by atoms with Crippen molar-refractivity contribution in [3.05, 3.63) is 71.6 Å². The van der Waals surface area contributed by atoms with E-state index in [1.54, 1.807) is 48.3 Å². The molecule has 0 aliphatic rings. The highest BCUT2D eigenvalue weighted by molar-refractivity contribution is 7.66. The Balaban J connectivity index is 1.74. The molecule has 3 rings (SSSR count). The topological polar surface area (TPSA) is 81.4 Å². The SMILES string of the molecule is CCOP(C)(=O)c1cccc(/C=C/C(=O)Nc2cc(-c3cccs3)ccc2N)c1. The molecular formula is C22H23N2O3PS. The van der Waals surface area contributed by atoms with Gasteiger partial charge in [-0.1, -0.05) is 24.3 Å². The number of thiophene rings is 1. The summed E-state index contributed by atoms with van der Waals surface area (Å²) in [6.07, 6.45) is 3.10. The van der Waals surface area contributed by atoms with E-state index in [0.29, 0.717) is 23.3 Å². The van der Waals surface area contributed by atoms with Gasteiger partial charge >= 0.3 is 0 Å². The third kappa shape index (κ3) is 5.45. The third-order valence-corrected chi connectivity index (χ3v) is 7.14. The summed E-state index contributed by atoms with van der Waals surface area (Å²) in [6, 6.07) is 16.7. The van der Waals surface area contributed by atoms with Crippen LogP contribution in [0.4, 0.5) is 11.4 Å². The van der Waals surface area contributed by atoms with Crippen LogP contribution in [0.3, 0.4) is 0 Å². The molecule has 0 fully saturated rings. The molecule has 29 heavy (non-hydrogen) atoms. The highest BCUT2D eigenvalue weighted by atomic mass is 32.1. The summed E-state index contributed by atoms with van der Waals surface area (Å²) in [6.45, 7) is 3.78. The molecule has 1 aromatic heterocycles. The summed E-state index contributed by atoms with van der Waals surface area (Å²) in [5.74, 6) is -0.296. The number of rotatable bonds is 7. The molecule has 0 aliphatic carbocycles.